The molecule has 1 heterocycles. The first-order chi connectivity index (χ1) is 10.3. The molecule has 2 aliphatic rings. The second kappa shape index (κ2) is 6.61. The smallest absolute Gasteiger partial charge is 0.136 e. The second-order valence-corrected chi connectivity index (χ2v) is 6.43. The van der Waals surface area contributed by atoms with Crippen LogP contribution in [0.2, 0.25) is 0 Å². The van der Waals surface area contributed by atoms with E-state index in [2.05, 4.69) is 6.07 Å². The summed E-state index contributed by atoms with van der Waals surface area (Å²) in [5, 5.41) is 0. The molecule has 0 amide bonds. The first kappa shape index (κ1) is 14.6. The molecule has 1 saturated carbocycles. The molecule has 3 rings (SSSR count). The van der Waals surface area contributed by atoms with E-state index in [4.69, 9.17) is 10.5 Å². The predicted molar refractivity (Wildman–Crippen MR) is 83.4 cm³/mol. The minimum Gasteiger partial charge on any atom is -0.493 e. The quantitative estimate of drug-likeness (QED) is 0.924. The third-order valence-corrected chi connectivity index (χ3v) is 5.16. The van der Waals surface area contributed by atoms with Crippen molar-refractivity contribution in [1.29, 1.82) is 0 Å². The summed E-state index contributed by atoms with van der Waals surface area (Å²) in [6.45, 7) is 1.38. The Morgan fingerprint density at radius 1 is 1.19 bits per heavy atom. The van der Waals surface area contributed by atoms with Gasteiger partial charge in [0, 0.05) is 12.3 Å². The average molecular weight is 287 g/mol. The van der Waals surface area contributed by atoms with Crippen LogP contribution in [0.15, 0.2) is 24.3 Å². The zero-order valence-electron chi connectivity index (χ0n) is 12.6. The zero-order chi connectivity index (χ0) is 14.7. The van der Waals surface area contributed by atoms with Gasteiger partial charge in [-0.1, -0.05) is 31.0 Å². The monoisotopic (exact) mass is 287 g/mol. The average Bonchev–Trinajstić information content (AvgIpc) is 2.55. The molecule has 21 heavy (non-hydrogen) atoms. The van der Waals surface area contributed by atoms with E-state index in [1.807, 2.05) is 18.2 Å². The molecule has 3 heteroatoms. The highest BCUT2D eigenvalue weighted by molar-refractivity contribution is 5.82. The lowest BCUT2D eigenvalue weighted by molar-refractivity contribution is -0.126. The summed E-state index contributed by atoms with van der Waals surface area (Å²) in [4.78, 5) is 12.7. The summed E-state index contributed by atoms with van der Waals surface area (Å²) < 4.78 is 5.69. The van der Waals surface area contributed by atoms with E-state index in [-0.39, 0.29) is 5.92 Å². The summed E-state index contributed by atoms with van der Waals surface area (Å²) in [7, 11) is 0. The van der Waals surface area contributed by atoms with Gasteiger partial charge in [0.25, 0.3) is 0 Å². The van der Waals surface area contributed by atoms with Gasteiger partial charge in [0.05, 0.1) is 6.61 Å². The van der Waals surface area contributed by atoms with E-state index in [0.29, 0.717) is 30.6 Å². The third-order valence-electron chi connectivity index (χ3n) is 5.16. The van der Waals surface area contributed by atoms with Gasteiger partial charge < -0.3 is 10.5 Å². The highest BCUT2D eigenvalue weighted by Crippen LogP contribution is 2.38. The number of ether oxygens (including phenoxy) is 1. The van der Waals surface area contributed by atoms with E-state index in [1.54, 1.807) is 0 Å². The lowest BCUT2D eigenvalue weighted by Gasteiger charge is -2.32. The molecule has 0 saturated heterocycles. The van der Waals surface area contributed by atoms with Gasteiger partial charge in [0.2, 0.25) is 0 Å². The second-order valence-electron chi connectivity index (χ2n) is 6.43. The molecule has 1 aromatic carbocycles. The SMILES string of the molecule is NCC1CCCCC1C(=O)CC1CCOc2ccccc21. The molecule has 3 atom stereocenters. The summed E-state index contributed by atoms with van der Waals surface area (Å²) in [6.07, 6.45) is 6.16. The Kier molecular flexibility index (Phi) is 4.59. The van der Waals surface area contributed by atoms with Gasteiger partial charge in [-0.2, -0.15) is 0 Å². The van der Waals surface area contributed by atoms with Crippen LogP contribution in [-0.4, -0.2) is 18.9 Å². The maximum absolute atomic E-state index is 12.7. The van der Waals surface area contributed by atoms with E-state index >= 15 is 0 Å². The Labute approximate surface area is 126 Å². The topological polar surface area (TPSA) is 52.3 Å². The molecule has 1 aliphatic carbocycles. The number of carbonyl (C=O) groups is 1. The number of Topliss-reactive ketones (excluding diaryl/α,β-unsaturated/α-hetero) is 1. The summed E-state index contributed by atoms with van der Waals surface area (Å²) in [5.74, 6) is 2.30. The number of hydrogen-bond acceptors (Lipinski definition) is 3. The van der Waals surface area contributed by atoms with Crippen molar-refractivity contribution >= 4 is 5.78 Å². The molecular formula is C18H25NO2. The molecule has 1 fully saturated rings. The third kappa shape index (κ3) is 3.13. The number of hydrogen-bond donors (Lipinski definition) is 1. The fourth-order valence-corrected chi connectivity index (χ4v) is 3.94. The van der Waals surface area contributed by atoms with Crippen molar-refractivity contribution in [3.63, 3.8) is 0 Å². The van der Waals surface area contributed by atoms with Crippen molar-refractivity contribution in [3.05, 3.63) is 29.8 Å². The number of ketones is 1. The molecule has 0 radical (unpaired) electrons. The predicted octanol–water partition coefficient (Wildman–Crippen LogP) is 3.28. The molecule has 2 N–H and O–H groups in total. The van der Waals surface area contributed by atoms with Crippen molar-refractivity contribution in [1.82, 2.24) is 0 Å². The van der Waals surface area contributed by atoms with Crippen LogP contribution < -0.4 is 10.5 Å². The molecular weight excluding hydrogens is 262 g/mol. The van der Waals surface area contributed by atoms with Crippen LogP contribution in [0.25, 0.3) is 0 Å². The lowest BCUT2D eigenvalue weighted by Crippen LogP contribution is -2.33. The number of para-hydroxylation sites is 1. The van der Waals surface area contributed by atoms with Crippen molar-refractivity contribution in [3.8, 4) is 5.75 Å². The van der Waals surface area contributed by atoms with Gasteiger partial charge in [-0.05, 0) is 49.3 Å². The van der Waals surface area contributed by atoms with Crippen molar-refractivity contribution in [2.75, 3.05) is 13.2 Å². The molecule has 3 unspecified atom stereocenters. The minimum absolute atomic E-state index is 0.193. The number of benzene rings is 1. The number of fused-ring (bicyclic) bond motifs is 1. The fourth-order valence-electron chi connectivity index (χ4n) is 3.94. The molecule has 0 bridgehead atoms. The highest BCUT2D eigenvalue weighted by Gasteiger charge is 2.32. The van der Waals surface area contributed by atoms with Crippen molar-refractivity contribution in [2.24, 2.45) is 17.6 Å². The van der Waals surface area contributed by atoms with Crippen molar-refractivity contribution in [2.45, 2.75) is 44.4 Å². The first-order valence-corrected chi connectivity index (χ1v) is 8.24. The Morgan fingerprint density at radius 3 is 2.86 bits per heavy atom. The van der Waals surface area contributed by atoms with Gasteiger partial charge in [0.15, 0.2) is 0 Å². The fraction of sp³-hybridized carbons (Fsp3) is 0.611. The van der Waals surface area contributed by atoms with Crippen molar-refractivity contribution < 1.29 is 9.53 Å². The summed E-state index contributed by atoms with van der Waals surface area (Å²) in [5.41, 5.74) is 7.07. The summed E-state index contributed by atoms with van der Waals surface area (Å²) >= 11 is 0. The minimum atomic E-state index is 0.193. The van der Waals surface area contributed by atoms with Crippen LogP contribution in [0, 0.1) is 11.8 Å². The number of nitrogens with two attached hydrogens (primary N) is 1. The number of rotatable bonds is 4. The van der Waals surface area contributed by atoms with Crippen LogP contribution in [0.1, 0.15) is 50.0 Å². The van der Waals surface area contributed by atoms with Gasteiger partial charge in [-0.15, -0.1) is 0 Å². The zero-order valence-corrected chi connectivity index (χ0v) is 12.6. The van der Waals surface area contributed by atoms with E-state index < -0.39 is 0 Å². The van der Waals surface area contributed by atoms with Crippen LogP contribution in [0.3, 0.4) is 0 Å². The first-order valence-electron chi connectivity index (χ1n) is 8.24. The van der Waals surface area contributed by atoms with E-state index in [0.717, 1.165) is 31.6 Å². The molecule has 0 aromatic heterocycles. The maximum atomic E-state index is 12.7. The normalized spacial score (nSPS) is 28.5. The Morgan fingerprint density at radius 2 is 2.00 bits per heavy atom. The molecule has 3 nitrogen and oxygen atoms in total. The Balaban J connectivity index is 1.70. The van der Waals surface area contributed by atoms with E-state index in [1.165, 1.54) is 18.4 Å². The molecule has 0 spiro atoms. The highest BCUT2D eigenvalue weighted by atomic mass is 16.5. The van der Waals surface area contributed by atoms with Gasteiger partial charge >= 0.3 is 0 Å². The standard InChI is InChI=1S/C18H25NO2/c19-12-14-5-1-2-6-15(14)17(20)11-13-9-10-21-18-8-4-3-7-16(13)18/h3-4,7-8,13-15H,1-2,5-6,9-12,19H2. The van der Waals surface area contributed by atoms with Gasteiger partial charge in [-0.25, -0.2) is 0 Å². The lowest BCUT2D eigenvalue weighted by atomic mass is 9.74. The Hall–Kier alpha value is -1.35. The summed E-state index contributed by atoms with van der Waals surface area (Å²) in [6, 6.07) is 8.14. The van der Waals surface area contributed by atoms with Gasteiger partial charge in [0.1, 0.15) is 11.5 Å². The maximum Gasteiger partial charge on any atom is 0.136 e. The van der Waals surface area contributed by atoms with Crippen LogP contribution >= 0.6 is 0 Å². The van der Waals surface area contributed by atoms with E-state index in [9.17, 15) is 4.79 Å². The largest absolute Gasteiger partial charge is 0.493 e. The van der Waals surface area contributed by atoms with Gasteiger partial charge in [-0.3, -0.25) is 4.79 Å². The molecule has 1 aromatic rings. The molecule has 114 valence electrons. The van der Waals surface area contributed by atoms with Crippen LogP contribution in [-0.2, 0) is 4.79 Å². The molecule has 1 aliphatic heterocycles. The van der Waals surface area contributed by atoms with Crippen LogP contribution in [0.5, 0.6) is 5.75 Å². The number of carbonyl (C=O) groups excluding carboxylic acids is 1. The Bertz CT molecular complexity index is 500. The van der Waals surface area contributed by atoms with Crippen LogP contribution in [0.4, 0.5) is 0 Å².